The molecule has 1 amide bonds. The van der Waals surface area contributed by atoms with Gasteiger partial charge in [-0.3, -0.25) is 9.59 Å². The number of ketones is 1. The number of fused-ring (bicyclic) bond motifs is 1. The number of furan rings is 1. The highest BCUT2D eigenvalue weighted by Gasteiger charge is 2.28. The number of hydrogen-bond donors (Lipinski definition) is 0. The van der Waals surface area contributed by atoms with Crippen LogP contribution in [0.1, 0.15) is 23.0 Å². The predicted molar refractivity (Wildman–Crippen MR) is 102 cm³/mol. The van der Waals surface area contributed by atoms with Crippen LogP contribution in [0.2, 0.25) is 0 Å². The molecule has 7 nitrogen and oxygen atoms in total. The number of ether oxygens (including phenoxy) is 2. The zero-order valence-electron chi connectivity index (χ0n) is 15.7. The molecule has 0 radical (unpaired) electrons. The first-order chi connectivity index (χ1) is 13.6. The van der Waals surface area contributed by atoms with Crippen LogP contribution in [0.4, 0.5) is 0 Å². The Kier molecular flexibility index (Phi) is 5.16. The van der Waals surface area contributed by atoms with Crippen molar-refractivity contribution in [2.45, 2.75) is 6.92 Å². The molecule has 146 valence electrons. The summed E-state index contributed by atoms with van der Waals surface area (Å²) in [6, 6.07) is 8.45. The average Bonchev–Trinajstić information content (AvgIpc) is 3.34. The van der Waals surface area contributed by atoms with E-state index in [1.54, 1.807) is 36.4 Å². The van der Waals surface area contributed by atoms with Crippen molar-refractivity contribution in [2.75, 3.05) is 39.3 Å². The van der Waals surface area contributed by atoms with Gasteiger partial charge < -0.3 is 23.7 Å². The number of benzene rings is 1. The van der Waals surface area contributed by atoms with Gasteiger partial charge in [0.1, 0.15) is 17.3 Å². The van der Waals surface area contributed by atoms with Crippen molar-refractivity contribution in [1.82, 2.24) is 9.80 Å². The summed E-state index contributed by atoms with van der Waals surface area (Å²) in [5.41, 5.74) is 0.465. The maximum atomic E-state index is 12.4. The minimum Gasteiger partial charge on any atom is -0.484 e. The van der Waals surface area contributed by atoms with Gasteiger partial charge in [-0.15, -0.1) is 0 Å². The number of allylic oxidation sites excluding steroid dienone is 1. The first-order valence-corrected chi connectivity index (χ1v) is 9.39. The van der Waals surface area contributed by atoms with Crippen LogP contribution in [0.5, 0.6) is 11.5 Å². The molecule has 1 fully saturated rings. The highest BCUT2D eigenvalue weighted by atomic mass is 16.5. The van der Waals surface area contributed by atoms with Crippen molar-refractivity contribution >= 4 is 17.8 Å². The van der Waals surface area contributed by atoms with Gasteiger partial charge in [0.15, 0.2) is 12.4 Å². The third kappa shape index (κ3) is 3.80. The van der Waals surface area contributed by atoms with E-state index in [1.165, 1.54) is 6.26 Å². The summed E-state index contributed by atoms with van der Waals surface area (Å²) < 4.78 is 16.5. The SMILES string of the molecule is CCN1CCN(C(=O)COc2ccc3c(c2)OC(=Cc2ccco2)C3=O)CC1. The monoisotopic (exact) mass is 382 g/mol. The fourth-order valence-electron chi connectivity index (χ4n) is 3.31. The maximum Gasteiger partial charge on any atom is 0.260 e. The van der Waals surface area contributed by atoms with Gasteiger partial charge in [-0.25, -0.2) is 0 Å². The summed E-state index contributed by atoms with van der Waals surface area (Å²) in [4.78, 5) is 28.9. The van der Waals surface area contributed by atoms with E-state index in [9.17, 15) is 9.59 Å². The second kappa shape index (κ2) is 7.90. The number of piperazine rings is 1. The molecule has 4 rings (SSSR count). The van der Waals surface area contributed by atoms with E-state index in [4.69, 9.17) is 13.9 Å². The summed E-state index contributed by atoms with van der Waals surface area (Å²) in [7, 11) is 0. The molecule has 0 unspecified atom stereocenters. The van der Waals surface area contributed by atoms with Crippen LogP contribution in [0.3, 0.4) is 0 Å². The summed E-state index contributed by atoms with van der Waals surface area (Å²) >= 11 is 0. The van der Waals surface area contributed by atoms with Crippen LogP contribution >= 0.6 is 0 Å². The Bertz CT molecular complexity index is 896. The minimum atomic E-state index is -0.206. The number of nitrogens with zero attached hydrogens (tertiary/aromatic N) is 2. The van der Waals surface area contributed by atoms with Crippen molar-refractivity contribution in [2.24, 2.45) is 0 Å². The van der Waals surface area contributed by atoms with Gasteiger partial charge in [0.25, 0.3) is 5.91 Å². The first kappa shape index (κ1) is 18.3. The van der Waals surface area contributed by atoms with E-state index in [0.717, 1.165) is 32.7 Å². The highest BCUT2D eigenvalue weighted by Crippen LogP contribution is 2.34. The number of rotatable bonds is 5. The molecule has 7 heteroatoms. The Morgan fingerprint density at radius 2 is 2.04 bits per heavy atom. The molecule has 0 aliphatic carbocycles. The third-order valence-corrected chi connectivity index (χ3v) is 4.99. The molecule has 0 spiro atoms. The second-order valence-electron chi connectivity index (χ2n) is 6.72. The van der Waals surface area contributed by atoms with Crippen LogP contribution in [0.15, 0.2) is 46.8 Å². The molecule has 0 atom stereocenters. The summed E-state index contributed by atoms with van der Waals surface area (Å²) in [6.07, 6.45) is 3.09. The Hall–Kier alpha value is -3.06. The van der Waals surface area contributed by atoms with E-state index in [1.807, 2.05) is 4.90 Å². The smallest absolute Gasteiger partial charge is 0.260 e. The number of carbonyl (C=O) groups excluding carboxylic acids is 2. The molecule has 0 saturated carbocycles. The van der Waals surface area contributed by atoms with Crippen LogP contribution < -0.4 is 9.47 Å². The molecular weight excluding hydrogens is 360 g/mol. The second-order valence-corrected chi connectivity index (χ2v) is 6.72. The summed E-state index contributed by atoms with van der Waals surface area (Å²) in [5.74, 6) is 1.42. The Morgan fingerprint density at radius 3 is 2.75 bits per heavy atom. The van der Waals surface area contributed by atoms with Gasteiger partial charge in [0.2, 0.25) is 5.78 Å². The largest absolute Gasteiger partial charge is 0.484 e. The lowest BCUT2D eigenvalue weighted by Crippen LogP contribution is -2.49. The maximum absolute atomic E-state index is 12.4. The van der Waals surface area contributed by atoms with Gasteiger partial charge in [0.05, 0.1) is 11.8 Å². The van der Waals surface area contributed by atoms with Gasteiger partial charge in [-0.05, 0) is 30.8 Å². The van der Waals surface area contributed by atoms with Crippen LogP contribution in [0.25, 0.3) is 6.08 Å². The quantitative estimate of drug-likeness (QED) is 0.740. The number of amides is 1. The average molecular weight is 382 g/mol. The fraction of sp³-hybridized carbons (Fsp3) is 0.333. The Morgan fingerprint density at radius 1 is 1.21 bits per heavy atom. The molecule has 1 aromatic carbocycles. The molecule has 0 N–H and O–H groups in total. The minimum absolute atomic E-state index is 0.0338. The van der Waals surface area contributed by atoms with Crippen LogP contribution in [-0.2, 0) is 4.79 Å². The number of carbonyl (C=O) groups is 2. The Balaban J connectivity index is 1.37. The van der Waals surface area contributed by atoms with E-state index < -0.39 is 0 Å². The van der Waals surface area contributed by atoms with Gasteiger partial charge in [0, 0.05) is 38.3 Å². The standard InChI is InChI=1S/C21H22N2O5/c1-2-22-7-9-23(10-8-22)20(24)14-27-16-5-6-17-18(12-16)28-19(21(17)25)13-15-4-3-11-26-15/h3-6,11-13H,2,7-10,14H2,1H3. The van der Waals surface area contributed by atoms with E-state index in [-0.39, 0.29) is 24.1 Å². The van der Waals surface area contributed by atoms with Gasteiger partial charge >= 0.3 is 0 Å². The molecular formula is C21H22N2O5. The predicted octanol–water partition coefficient (Wildman–Crippen LogP) is 2.44. The molecule has 2 aromatic rings. The Labute approximate surface area is 163 Å². The van der Waals surface area contributed by atoms with E-state index >= 15 is 0 Å². The van der Waals surface area contributed by atoms with E-state index in [2.05, 4.69) is 11.8 Å². The molecule has 0 bridgehead atoms. The molecule has 28 heavy (non-hydrogen) atoms. The lowest BCUT2D eigenvalue weighted by atomic mass is 10.1. The van der Waals surface area contributed by atoms with E-state index in [0.29, 0.717) is 22.8 Å². The lowest BCUT2D eigenvalue weighted by Gasteiger charge is -2.33. The normalized spacial score (nSPS) is 18.2. The number of hydrogen-bond acceptors (Lipinski definition) is 6. The number of likely N-dealkylation sites (N-methyl/N-ethyl adjacent to an activating group) is 1. The summed E-state index contributed by atoms with van der Waals surface area (Å²) in [6.45, 7) is 6.31. The van der Waals surface area contributed by atoms with Crippen molar-refractivity contribution in [3.8, 4) is 11.5 Å². The van der Waals surface area contributed by atoms with Crippen LogP contribution in [-0.4, -0.2) is 60.8 Å². The van der Waals surface area contributed by atoms with Crippen molar-refractivity contribution in [3.05, 3.63) is 53.7 Å². The van der Waals surface area contributed by atoms with Gasteiger partial charge in [-0.1, -0.05) is 6.92 Å². The molecule has 1 saturated heterocycles. The van der Waals surface area contributed by atoms with Crippen molar-refractivity contribution in [3.63, 3.8) is 0 Å². The lowest BCUT2D eigenvalue weighted by molar-refractivity contribution is -0.135. The fourth-order valence-corrected chi connectivity index (χ4v) is 3.31. The number of Topliss-reactive ketones (excluding diaryl/α,β-unsaturated/α-hetero) is 1. The van der Waals surface area contributed by atoms with Crippen molar-refractivity contribution in [1.29, 1.82) is 0 Å². The third-order valence-electron chi connectivity index (χ3n) is 4.99. The van der Waals surface area contributed by atoms with Gasteiger partial charge in [-0.2, -0.15) is 0 Å². The molecule has 3 heterocycles. The van der Waals surface area contributed by atoms with Crippen LogP contribution in [0, 0.1) is 0 Å². The first-order valence-electron chi connectivity index (χ1n) is 9.39. The molecule has 2 aliphatic heterocycles. The topological polar surface area (TPSA) is 72.2 Å². The van der Waals surface area contributed by atoms with Crippen molar-refractivity contribution < 1.29 is 23.5 Å². The molecule has 1 aromatic heterocycles. The zero-order valence-corrected chi connectivity index (χ0v) is 15.7. The highest BCUT2D eigenvalue weighted by molar-refractivity contribution is 6.14. The zero-order chi connectivity index (χ0) is 19.5. The summed E-state index contributed by atoms with van der Waals surface area (Å²) in [5, 5.41) is 0. The molecule has 2 aliphatic rings.